The van der Waals surface area contributed by atoms with Crippen molar-refractivity contribution < 1.29 is 19.4 Å². The summed E-state index contributed by atoms with van der Waals surface area (Å²) in [6.45, 7) is 5.37. The Kier molecular flexibility index (Phi) is 2.60. The van der Waals surface area contributed by atoms with E-state index in [0.717, 1.165) is 12.8 Å². The lowest BCUT2D eigenvalue weighted by molar-refractivity contribution is -0.143. The largest absolute Gasteiger partial charge is 0.481 e. The summed E-state index contributed by atoms with van der Waals surface area (Å²) >= 11 is 0. The molecule has 5 heteroatoms. The molecule has 0 heterocycles. The van der Waals surface area contributed by atoms with E-state index >= 15 is 0 Å². The summed E-state index contributed by atoms with van der Waals surface area (Å²) in [5.74, 6) is -0.827. The summed E-state index contributed by atoms with van der Waals surface area (Å²) in [6.07, 6.45) is 1.70. The van der Waals surface area contributed by atoms with Crippen LogP contribution in [0.5, 0.6) is 0 Å². The predicted octanol–water partition coefficient (Wildman–Crippen LogP) is 1.76. The lowest BCUT2D eigenvalue weighted by atomic mass is 9.74. The fourth-order valence-electron chi connectivity index (χ4n) is 3.01. The van der Waals surface area contributed by atoms with Gasteiger partial charge in [-0.3, -0.25) is 4.79 Å². The Morgan fingerprint density at radius 1 is 1.35 bits per heavy atom. The van der Waals surface area contributed by atoms with Crippen molar-refractivity contribution in [1.29, 1.82) is 0 Å². The molecule has 3 fully saturated rings. The molecule has 0 saturated heterocycles. The number of aliphatic carboxylic acids is 1. The molecule has 5 nitrogen and oxygen atoms in total. The Labute approximate surface area is 101 Å². The summed E-state index contributed by atoms with van der Waals surface area (Å²) < 4.78 is 5.17. The number of carbonyl (C=O) groups is 2. The van der Waals surface area contributed by atoms with E-state index in [1.165, 1.54) is 0 Å². The molecule has 1 amide bonds. The molecule has 1 atom stereocenters. The molecular formula is C12H19NO4. The van der Waals surface area contributed by atoms with Crippen molar-refractivity contribution >= 4 is 12.1 Å². The Morgan fingerprint density at radius 3 is 2.41 bits per heavy atom. The van der Waals surface area contributed by atoms with Crippen LogP contribution >= 0.6 is 0 Å². The van der Waals surface area contributed by atoms with Crippen LogP contribution in [0.1, 0.15) is 40.0 Å². The van der Waals surface area contributed by atoms with Gasteiger partial charge in [-0.25, -0.2) is 4.79 Å². The normalized spacial score (nSPS) is 35.0. The van der Waals surface area contributed by atoms with Gasteiger partial charge in [0, 0.05) is 0 Å². The minimum Gasteiger partial charge on any atom is -0.481 e. The zero-order valence-electron chi connectivity index (χ0n) is 10.4. The first-order valence-electron chi connectivity index (χ1n) is 5.96. The summed E-state index contributed by atoms with van der Waals surface area (Å²) in [6, 6.07) is 0. The van der Waals surface area contributed by atoms with Gasteiger partial charge in [0.1, 0.15) is 5.60 Å². The van der Waals surface area contributed by atoms with Crippen LogP contribution in [0.25, 0.3) is 0 Å². The minimum absolute atomic E-state index is 0.450. The number of rotatable bonds is 2. The van der Waals surface area contributed by atoms with Crippen molar-refractivity contribution in [3.05, 3.63) is 0 Å². The number of alkyl carbamates (subject to hydrolysis) is 1. The van der Waals surface area contributed by atoms with E-state index in [1.54, 1.807) is 20.8 Å². The molecule has 0 aromatic rings. The van der Waals surface area contributed by atoms with Gasteiger partial charge in [0.15, 0.2) is 0 Å². The van der Waals surface area contributed by atoms with Crippen molar-refractivity contribution in [3.63, 3.8) is 0 Å². The van der Waals surface area contributed by atoms with Crippen molar-refractivity contribution in [1.82, 2.24) is 5.32 Å². The van der Waals surface area contributed by atoms with E-state index in [2.05, 4.69) is 5.32 Å². The standard InChI is InChI=1S/C12H19NO4/c1-11(2,3)17-10(16)13-12-5-7(6-12)4-8(12)9(14)15/h7-8H,4-6H2,1-3H3,(H,13,16)(H,14,15). The van der Waals surface area contributed by atoms with Crippen LogP contribution in [0, 0.1) is 11.8 Å². The first-order valence-corrected chi connectivity index (χ1v) is 5.96. The van der Waals surface area contributed by atoms with E-state index in [-0.39, 0.29) is 0 Å². The fraction of sp³-hybridized carbons (Fsp3) is 0.833. The van der Waals surface area contributed by atoms with Gasteiger partial charge < -0.3 is 15.2 Å². The summed E-state index contributed by atoms with van der Waals surface area (Å²) in [7, 11) is 0. The number of hydrogen-bond acceptors (Lipinski definition) is 3. The molecular weight excluding hydrogens is 222 g/mol. The highest BCUT2D eigenvalue weighted by Gasteiger charge is 2.61. The molecule has 3 rings (SSSR count). The monoisotopic (exact) mass is 241 g/mol. The van der Waals surface area contributed by atoms with Gasteiger partial charge >= 0.3 is 12.1 Å². The Morgan fingerprint density at radius 2 is 1.94 bits per heavy atom. The second kappa shape index (κ2) is 3.62. The van der Waals surface area contributed by atoms with Crippen LogP contribution in [0.15, 0.2) is 0 Å². The summed E-state index contributed by atoms with van der Waals surface area (Å²) in [5, 5.41) is 11.9. The molecule has 3 aliphatic carbocycles. The second-order valence-electron chi connectivity index (χ2n) is 6.18. The molecule has 0 spiro atoms. The van der Waals surface area contributed by atoms with Crippen molar-refractivity contribution in [2.45, 2.75) is 51.2 Å². The lowest BCUT2D eigenvalue weighted by Crippen LogP contribution is -2.57. The zero-order chi connectivity index (χ0) is 12.8. The SMILES string of the molecule is CC(C)(C)OC(=O)NC12CC(CC1C(=O)O)C2. The van der Waals surface area contributed by atoms with Crippen LogP contribution in [-0.2, 0) is 9.53 Å². The maximum Gasteiger partial charge on any atom is 0.408 e. The van der Waals surface area contributed by atoms with Gasteiger partial charge in [-0.05, 0) is 46.0 Å². The molecule has 0 aromatic heterocycles. The molecule has 1 unspecified atom stereocenters. The number of nitrogens with one attached hydrogen (secondary N) is 1. The zero-order valence-corrected chi connectivity index (χ0v) is 10.4. The molecule has 3 aliphatic rings. The second-order valence-corrected chi connectivity index (χ2v) is 6.18. The molecule has 17 heavy (non-hydrogen) atoms. The number of fused-ring (bicyclic) bond motifs is 1. The highest BCUT2D eigenvalue weighted by Crippen LogP contribution is 2.55. The lowest BCUT2D eigenvalue weighted by Gasteiger charge is -2.41. The van der Waals surface area contributed by atoms with Crippen LogP contribution < -0.4 is 5.32 Å². The highest BCUT2D eigenvalue weighted by atomic mass is 16.6. The molecule has 96 valence electrons. The van der Waals surface area contributed by atoms with Gasteiger partial charge in [-0.1, -0.05) is 0 Å². The smallest absolute Gasteiger partial charge is 0.408 e. The summed E-state index contributed by atoms with van der Waals surface area (Å²) in [5.41, 5.74) is -1.11. The number of ether oxygens (including phenoxy) is 1. The minimum atomic E-state index is -0.818. The third-order valence-electron chi connectivity index (χ3n) is 3.59. The Balaban J connectivity index is 1.99. The molecule has 0 aromatic carbocycles. The predicted molar refractivity (Wildman–Crippen MR) is 60.6 cm³/mol. The van der Waals surface area contributed by atoms with Crippen LogP contribution in [0.3, 0.4) is 0 Å². The molecule has 0 aliphatic heterocycles. The topological polar surface area (TPSA) is 75.6 Å². The number of amides is 1. The summed E-state index contributed by atoms with van der Waals surface area (Å²) in [4.78, 5) is 22.8. The molecule has 2 bridgehead atoms. The van der Waals surface area contributed by atoms with E-state index in [4.69, 9.17) is 9.84 Å². The molecule has 0 radical (unpaired) electrons. The number of carboxylic acid groups (broad SMARTS) is 1. The third kappa shape index (κ3) is 2.23. The van der Waals surface area contributed by atoms with Crippen molar-refractivity contribution in [2.24, 2.45) is 11.8 Å². The van der Waals surface area contributed by atoms with Crippen molar-refractivity contribution in [2.75, 3.05) is 0 Å². The highest BCUT2D eigenvalue weighted by molar-refractivity contribution is 5.76. The van der Waals surface area contributed by atoms with Crippen LogP contribution in [0.4, 0.5) is 4.79 Å². The van der Waals surface area contributed by atoms with Gasteiger partial charge in [-0.15, -0.1) is 0 Å². The van der Waals surface area contributed by atoms with E-state index in [1.807, 2.05) is 0 Å². The van der Waals surface area contributed by atoms with Crippen molar-refractivity contribution in [3.8, 4) is 0 Å². The maximum atomic E-state index is 11.7. The maximum absolute atomic E-state index is 11.7. The Bertz CT molecular complexity index is 352. The van der Waals surface area contributed by atoms with Crippen LogP contribution in [0.2, 0.25) is 0 Å². The van der Waals surface area contributed by atoms with Gasteiger partial charge in [0.25, 0.3) is 0 Å². The number of carboxylic acids is 1. The molecule has 2 N–H and O–H groups in total. The van der Waals surface area contributed by atoms with Gasteiger partial charge in [-0.2, -0.15) is 0 Å². The first kappa shape index (κ1) is 12.2. The first-order chi connectivity index (χ1) is 7.72. The third-order valence-corrected chi connectivity index (χ3v) is 3.59. The molecule has 3 saturated carbocycles. The number of carbonyl (C=O) groups excluding carboxylic acids is 1. The van der Waals surface area contributed by atoms with E-state index in [9.17, 15) is 9.59 Å². The Hall–Kier alpha value is -1.26. The quantitative estimate of drug-likeness (QED) is 0.772. The average Bonchev–Trinajstić information content (AvgIpc) is 2.52. The van der Waals surface area contributed by atoms with E-state index < -0.39 is 29.1 Å². The number of hydrogen-bond donors (Lipinski definition) is 2. The van der Waals surface area contributed by atoms with Crippen LogP contribution in [-0.4, -0.2) is 28.3 Å². The van der Waals surface area contributed by atoms with E-state index in [0.29, 0.717) is 12.3 Å². The fourth-order valence-corrected chi connectivity index (χ4v) is 3.01. The van der Waals surface area contributed by atoms with Gasteiger partial charge in [0.05, 0.1) is 11.5 Å². The van der Waals surface area contributed by atoms with Gasteiger partial charge in [0.2, 0.25) is 0 Å². The average molecular weight is 241 g/mol.